The van der Waals surface area contributed by atoms with Gasteiger partial charge in [0, 0.05) is 10.0 Å². The Morgan fingerprint density at radius 2 is 1.76 bits per heavy atom. The summed E-state index contributed by atoms with van der Waals surface area (Å²) in [5.41, 5.74) is 3.73. The molecule has 3 rings (SSSR count). The highest BCUT2D eigenvalue weighted by molar-refractivity contribution is 9.10. The van der Waals surface area contributed by atoms with E-state index in [-0.39, 0.29) is 18.2 Å². The lowest BCUT2D eigenvalue weighted by molar-refractivity contribution is -0.120. The van der Waals surface area contributed by atoms with Crippen LogP contribution in [-0.2, 0) is 4.79 Å². The number of rotatable bonds is 11. The number of carbonyl (C=O) groups excluding carboxylic acids is 3. The molecule has 3 aromatic carbocycles. The molecule has 0 heterocycles. The van der Waals surface area contributed by atoms with Crippen LogP contribution in [0.25, 0.3) is 0 Å². The largest absolute Gasteiger partial charge is 0.494 e. The number of carbonyl (C=O) groups is 3. The minimum absolute atomic E-state index is 0.232. The summed E-state index contributed by atoms with van der Waals surface area (Å²) in [5, 5.41) is 6.41. The third-order valence-electron chi connectivity index (χ3n) is 4.85. The van der Waals surface area contributed by atoms with Crippen LogP contribution in [0.4, 0.5) is 0 Å². The van der Waals surface area contributed by atoms with Gasteiger partial charge in [0.05, 0.1) is 32.0 Å². The van der Waals surface area contributed by atoms with Gasteiger partial charge in [-0.2, -0.15) is 5.10 Å². The Balaban J connectivity index is 1.53. The molecule has 0 saturated heterocycles. The molecule has 0 radical (unpaired) electrons. The Hall–Kier alpha value is -4.18. The van der Waals surface area contributed by atoms with E-state index >= 15 is 0 Å². The Kier molecular flexibility index (Phi) is 10.2. The Bertz CT molecular complexity index is 1280. The number of ether oxygens (including phenoxy) is 3. The molecule has 0 saturated carbocycles. The summed E-state index contributed by atoms with van der Waals surface area (Å²) in [7, 11) is 1.45. The average molecular weight is 568 g/mol. The highest BCUT2D eigenvalue weighted by Crippen LogP contribution is 2.28. The van der Waals surface area contributed by atoms with Gasteiger partial charge >= 0.3 is 5.97 Å². The fraction of sp³-hybridized carbons (Fsp3) is 0.185. The topological polar surface area (TPSA) is 115 Å². The molecule has 0 bridgehead atoms. The van der Waals surface area contributed by atoms with Crippen molar-refractivity contribution < 1.29 is 28.6 Å². The molecule has 0 unspecified atom stereocenters. The molecule has 9 nitrogen and oxygen atoms in total. The number of methoxy groups -OCH3 is 1. The molecular formula is C27H26BrN3O6. The first-order valence-electron chi connectivity index (χ1n) is 11.4. The maximum Gasteiger partial charge on any atom is 0.343 e. The lowest BCUT2D eigenvalue weighted by Gasteiger charge is -2.10. The van der Waals surface area contributed by atoms with E-state index in [2.05, 4.69) is 31.8 Å². The quantitative estimate of drug-likeness (QED) is 0.154. The monoisotopic (exact) mass is 567 g/mol. The third kappa shape index (κ3) is 8.46. The van der Waals surface area contributed by atoms with E-state index in [4.69, 9.17) is 14.2 Å². The van der Waals surface area contributed by atoms with Crippen LogP contribution < -0.4 is 25.0 Å². The number of hydrogen-bond donors (Lipinski definition) is 2. The van der Waals surface area contributed by atoms with Crippen molar-refractivity contribution in [3.63, 3.8) is 0 Å². The molecule has 0 aliphatic heterocycles. The molecule has 0 aliphatic rings. The molecule has 0 atom stereocenters. The van der Waals surface area contributed by atoms with Gasteiger partial charge in [0.2, 0.25) is 0 Å². The number of nitrogens with zero attached hydrogens (tertiary/aromatic N) is 1. The van der Waals surface area contributed by atoms with Gasteiger partial charge in [-0.15, -0.1) is 0 Å². The maximum atomic E-state index is 12.5. The summed E-state index contributed by atoms with van der Waals surface area (Å²) in [5.74, 6) is -0.195. The predicted molar refractivity (Wildman–Crippen MR) is 142 cm³/mol. The van der Waals surface area contributed by atoms with Crippen molar-refractivity contribution in [3.8, 4) is 17.2 Å². The van der Waals surface area contributed by atoms with Gasteiger partial charge in [0.1, 0.15) is 5.75 Å². The van der Waals surface area contributed by atoms with Gasteiger partial charge in [-0.25, -0.2) is 10.2 Å². The molecule has 3 aromatic rings. The number of benzene rings is 3. The van der Waals surface area contributed by atoms with E-state index in [9.17, 15) is 14.4 Å². The Morgan fingerprint density at radius 3 is 2.46 bits per heavy atom. The highest BCUT2D eigenvalue weighted by Gasteiger charge is 2.13. The number of hydrogen-bond acceptors (Lipinski definition) is 7. The minimum Gasteiger partial charge on any atom is -0.494 e. The van der Waals surface area contributed by atoms with Crippen LogP contribution in [0.3, 0.4) is 0 Å². The first kappa shape index (κ1) is 27.4. The smallest absolute Gasteiger partial charge is 0.343 e. The molecule has 2 amide bonds. The van der Waals surface area contributed by atoms with Gasteiger partial charge in [-0.3, -0.25) is 9.59 Å². The summed E-state index contributed by atoms with van der Waals surface area (Å²) in [6.45, 7) is 2.37. The average Bonchev–Trinajstić information content (AvgIpc) is 2.91. The first-order chi connectivity index (χ1) is 17.9. The normalized spacial score (nSPS) is 10.6. The molecule has 0 spiro atoms. The van der Waals surface area contributed by atoms with E-state index in [1.807, 2.05) is 6.92 Å². The van der Waals surface area contributed by atoms with Crippen LogP contribution in [-0.4, -0.2) is 44.3 Å². The van der Waals surface area contributed by atoms with Crippen LogP contribution in [0, 0.1) is 0 Å². The molecule has 0 aromatic heterocycles. The second-order valence-electron chi connectivity index (χ2n) is 7.66. The Labute approximate surface area is 222 Å². The molecule has 2 N–H and O–H groups in total. The lowest BCUT2D eigenvalue weighted by Crippen LogP contribution is -2.34. The van der Waals surface area contributed by atoms with E-state index < -0.39 is 11.9 Å². The van der Waals surface area contributed by atoms with Crippen LogP contribution in [0.1, 0.15) is 39.6 Å². The van der Waals surface area contributed by atoms with Crippen molar-refractivity contribution >= 4 is 39.9 Å². The number of esters is 1. The van der Waals surface area contributed by atoms with Gasteiger partial charge in [-0.05, 0) is 72.6 Å². The summed E-state index contributed by atoms with van der Waals surface area (Å²) in [4.78, 5) is 36.6. The van der Waals surface area contributed by atoms with E-state index in [0.717, 1.165) is 10.9 Å². The SMILES string of the molecule is CCCOc1ccc(C(=O)Oc2ccc(C=NNC(=O)CNC(=O)c3cccc(Br)c3)cc2OC)cc1. The van der Waals surface area contributed by atoms with Crippen LogP contribution in [0.5, 0.6) is 17.2 Å². The van der Waals surface area contributed by atoms with Crippen LogP contribution in [0.2, 0.25) is 0 Å². The zero-order chi connectivity index (χ0) is 26.6. The fourth-order valence-corrected chi connectivity index (χ4v) is 3.42. The van der Waals surface area contributed by atoms with Crippen molar-refractivity contribution in [2.24, 2.45) is 5.10 Å². The summed E-state index contributed by atoms with van der Waals surface area (Å²) in [6, 6.07) is 18.3. The van der Waals surface area contributed by atoms with Crippen molar-refractivity contribution in [2.45, 2.75) is 13.3 Å². The van der Waals surface area contributed by atoms with Crippen molar-refractivity contribution in [3.05, 3.63) is 87.9 Å². The first-order valence-corrected chi connectivity index (χ1v) is 12.2. The highest BCUT2D eigenvalue weighted by atomic mass is 79.9. The summed E-state index contributed by atoms with van der Waals surface area (Å²) < 4.78 is 17.1. The second-order valence-corrected chi connectivity index (χ2v) is 8.57. The van der Waals surface area contributed by atoms with Crippen molar-refractivity contribution in [1.82, 2.24) is 10.7 Å². The Morgan fingerprint density at radius 1 is 0.973 bits per heavy atom. The molecular weight excluding hydrogens is 542 g/mol. The molecule has 10 heteroatoms. The number of halogens is 1. The lowest BCUT2D eigenvalue weighted by atomic mass is 10.2. The third-order valence-corrected chi connectivity index (χ3v) is 5.35. The van der Waals surface area contributed by atoms with Crippen molar-refractivity contribution in [2.75, 3.05) is 20.3 Å². The van der Waals surface area contributed by atoms with Gasteiger partial charge in [0.15, 0.2) is 11.5 Å². The van der Waals surface area contributed by atoms with Gasteiger partial charge in [-0.1, -0.05) is 28.9 Å². The standard InChI is InChI=1S/C27H26BrN3O6/c1-3-13-36-22-10-8-19(9-11-22)27(34)37-23-12-7-18(14-24(23)35-2)16-30-31-25(32)17-29-26(33)20-5-4-6-21(28)15-20/h4-12,14-16H,3,13,17H2,1-2H3,(H,29,33)(H,31,32). The summed E-state index contributed by atoms with van der Waals surface area (Å²) in [6.07, 6.45) is 2.29. The summed E-state index contributed by atoms with van der Waals surface area (Å²) >= 11 is 3.30. The van der Waals surface area contributed by atoms with Crippen molar-refractivity contribution in [1.29, 1.82) is 0 Å². The molecule has 37 heavy (non-hydrogen) atoms. The van der Waals surface area contributed by atoms with E-state index in [1.54, 1.807) is 66.7 Å². The van der Waals surface area contributed by atoms with Crippen LogP contribution in [0.15, 0.2) is 76.3 Å². The van der Waals surface area contributed by atoms with Gasteiger partial charge < -0.3 is 19.5 Å². The molecule has 0 fully saturated rings. The van der Waals surface area contributed by atoms with E-state index in [0.29, 0.717) is 34.8 Å². The predicted octanol–water partition coefficient (Wildman–Crippen LogP) is 4.35. The fourth-order valence-electron chi connectivity index (χ4n) is 3.03. The molecule has 0 aliphatic carbocycles. The molecule has 192 valence electrons. The van der Waals surface area contributed by atoms with Gasteiger partial charge in [0.25, 0.3) is 11.8 Å². The zero-order valence-electron chi connectivity index (χ0n) is 20.3. The minimum atomic E-state index is -0.543. The number of hydrazone groups is 1. The van der Waals surface area contributed by atoms with E-state index in [1.165, 1.54) is 13.3 Å². The number of nitrogens with one attached hydrogen (secondary N) is 2. The zero-order valence-corrected chi connectivity index (χ0v) is 21.9. The maximum absolute atomic E-state index is 12.5. The second kappa shape index (κ2) is 13.8. The number of amides is 2. The van der Waals surface area contributed by atoms with Crippen LogP contribution >= 0.6 is 15.9 Å².